The predicted molar refractivity (Wildman–Crippen MR) is 88.6 cm³/mol. The zero-order chi connectivity index (χ0) is 16.4. The van der Waals surface area contributed by atoms with E-state index in [1.54, 1.807) is 24.3 Å². The van der Waals surface area contributed by atoms with Crippen LogP contribution in [0.25, 0.3) is 0 Å². The number of esters is 1. The zero-order valence-corrected chi connectivity index (χ0v) is 13.8. The Kier molecular flexibility index (Phi) is 4.34. The number of rotatable bonds is 4. The molecule has 120 valence electrons. The molecule has 1 amide bonds. The van der Waals surface area contributed by atoms with E-state index in [1.807, 2.05) is 0 Å². The summed E-state index contributed by atoms with van der Waals surface area (Å²) in [6.45, 7) is 0. The SMILES string of the molecule is COC(=O)c1c(NC(=O)c2ccccc2OC)sc2c1CCC2. The van der Waals surface area contributed by atoms with Crippen LogP contribution in [0.15, 0.2) is 24.3 Å². The van der Waals surface area contributed by atoms with Crippen LogP contribution < -0.4 is 10.1 Å². The van der Waals surface area contributed by atoms with Crippen LogP contribution in [0, 0.1) is 0 Å². The van der Waals surface area contributed by atoms with Gasteiger partial charge in [-0.25, -0.2) is 4.79 Å². The molecule has 1 N–H and O–H groups in total. The van der Waals surface area contributed by atoms with Gasteiger partial charge in [-0.3, -0.25) is 4.79 Å². The van der Waals surface area contributed by atoms with E-state index >= 15 is 0 Å². The van der Waals surface area contributed by atoms with Crippen molar-refractivity contribution in [3.8, 4) is 5.75 Å². The Labute approximate surface area is 138 Å². The minimum Gasteiger partial charge on any atom is -0.496 e. The highest BCUT2D eigenvalue weighted by atomic mass is 32.1. The smallest absolute Gasteiger partial charge is 0.341 e. The molecular formula is C17H17NO4S. The van der Waals surface area contributed by atoms with Gasteiger partial charge < -0.3 is 14.8 Å². The molecular weight excluding hydrogens is 314 g/mol. The second-order valence-corrected chi connectivity index (χ2v) is 6.31. The summed E-state index contributed by atoms with van der Waals surface area (Å²) < 4.78 is 10.1. The third kappa shape index (κ3) is 2.82. The molecule has 5 nitrogen and oxygen atoms in total. The maximum Gasteiger partial charge on any atom is 0.341 e. The number of aryl methyl sites for hydroxylation is 1. The molecule has 0 bridgehead atoms. The number of thiophene rings is 1. The Morgan fingerprint density at radius 3 is 2.70 bits per heavy atom. The Hall–Kier alpha value is -2.34. The molecule has 1 heterocycles. The lowest BCUT2D eigenvalue weighted by Gasteiger charge is -2.09. The van der Waals surface area contributed by atoms with E-state index in [4.69, 9.17) is 9.47 Å². The van der Waals surface area contributed by atoms with Crippen molar-refractivity contribution in [1.29, 1.82) is 0 Å². The summed E-state index contributed by atoms with van der Waals surface area (Å²) in [6.07, 6.45) is 2.82. The molecule has 0 spiro atoms. The number of fused-ring (bicyclic) bond motifs is 1. The number of hydrogen-bond acceptors (Lipinski definition) is 5. The van der Waals surface area contributed by atoms with Crippen molar-refractivity contribution in [2.45, 2.75) is 19.3 Å². The quantitative estimate of drug-likeness (QED) is 0.873. The van der Waals surface area contributed by atoms with Crippen LogP contribution in [0.2, 0.25) is 0 Å². The number of benzene rings is 1. The van der Waals surface area contributed by atoms with Crippen molar-refractivity contribution in [2.75, 3.05) is 19.5 Å². The molecule has 1 aliphatic rings. The van der Waals surface area contributed by atoms with Gasteiger partial charge in [-0.1, -0.05) is 12.1 Å². The van der Waals surface area contributed by atoms with Crippen molar-refractivity contribution in [1.82, 2.24) is 0 Å². The lowest BCUT2D eigenvalue weighted by Crippen LogP contribution is -2.15. The molecule has 0 atom stereocenters. The van der Waals surface area contributed by atoms with Gasteiger partial charge >= 0.3 is 5.97 Å². The maximum atomic E-state index is 12.5. The highest BCUT2D eigenvalue weighted by molar-refractivity contribution is 7.17. The van der Waals surface area contributed by atoms with E-state index < -0.39 is 5.97 Å². The number of carbonyl (C=O) groups is 2. The van der Waals surface area contributed by atoms with Crippen LogP contribution in [-0.4, -0.2) is 26.1 Å². The minimum atomic E-state index is -0.403. The monoisotopic (exact) mass is 331 g/mol. The van der Waals surface area contributed by atoms with E-state index in [9.17, 15) is 9.59 Å². The van der Waals surface area contributed by atoms with E-state index in [0.717, 1.165) is 29.7 Å². The van der Waals surface area contributed by atoms with Crippen LogP contribution >= 0.6 is 11.3 Å². The second kappa shape index (κ2) is 6.42. The Morgan fingerprint density at radius 2 is 1.96 bits per heavy atom. The van der Waals surface area contributed by atoms with Crippen molar-refractivity contribution in [2.24, 2.45) is 0 Å². The van der Waals surface area contributed by atoms with Gasteiger partial charge in [0.1, 0.15) is 10.8 Å². The molecule has 3 rings (SSSR count). The number of carbonyl (C=O) groups excluding carboxylic acids is 2. The number of ether oxygens (including phenoxy) is 2. The van der Waals surface area contributed by atoms with Crippen molar-refractivity contribution < 1.29 is 19.1 Å². The summed E-state index contributed by atoms with van der Waals surface area (Å²) in [5.41, 5.74) is 1.93. The molecule has 23 heavy (non-hydrogen) atoms. The molecule has 2 aromatic rings. The lowest BCUT2D eigenvalue weighted by atomic mass is 10.1. The summed E-state index contributed by atoms with van der Waals surface area (Å²) in [7, 11) is 2.87. The van der Waals surface area contributed by atoms with E-state index in [2.05, 4.69) is 5.32 Å². The van der Waals surface area contributed by atoms with Crippen LogP contribution in [0.5, 0.6) is 5.75 Å². The van der Waals surface area contributed by atoms with Crippen molar-refractivity contribution in [3.63, 3.8) is 0 Å². The molecule has 1 aromatic carbocycles. The average molecular weight is 331 g/mol. The van der Waals surface area contributed by atoms with Gasteiger partial charge in [0.25, 0.3) is 5.91 Å². The normalized spacial score (nSPS) is 12.6. The molecule has 1 aromatic heterocycles. The Morgan fingerprint density at radius 1 is 1.17 bits per heavy atom. The van der Waals surface area contributed by atoms with Gasteiger partial charge in [0.15, 0.2) is 0 Å². The van der Waals surface area contributed by atoms with Crippen LogP contribution in [-0.2, 0) is 17.6 Å². The number of hydrogen-bond donors (Lipinski definition) is 1. The largest absolute Gasteiger partial charge is 0.496 e. The van der Waals surface area contributed by atoms with Crippen LogP contribution in [0.3, 0.4) is 0 Å². The fraction of sp³-hybridized carbons (Fsp3) is 0.294. The fourth-order valence-electron chi connectivity index (χ4n) is 2.81. The van der Waals surface area contributed by atoms with Gasteiger partial charge in [-0.15, -0.1) is 11.3 Å². The number of para-hydroxylation sites is 1. The first-order chi connectivity index (χ1) is 11.2. The topological polar surface area (TPSA) is 64.6 Å². The van der Waals surface area contributed by atoms with Gasteiger partial charge in [-0.2, -0.15) is 0 Å². The first-order valence-corrected chi connectivity index (χ1v) is 8.14. The van der Waals surface area contributed by atoms with Crippen LogP contribution in [0.4, 0.5) is 5.00 Å². The molecule has 0 radical (unpaired) electrons. The first-order valence-electron chi connectivity index (χ1n) is 7.33. The summed E-state index contributed by atoms with van der Waals surface area (Å²) in [5.74, 6) is -0.207. The molecule has 6 heteroatoms. The average Bonchev–Trinajstić information content (AvgIpc) is 3.14. The number of nitrogens with one attached hydrogen (secondary N) is 1. The van der Waals surface area contributed by atoms with Gasteiger partial charge in [0.05, 0.1) is 25.3 Å². The van der Waals surface area contributed by atoms with Gasteiger partial charge in [0, 0.05) is 4.88 Å². The second-order valence-electron chi connectivity index (χ2n) is 5.21. The standard InChI is InChI=1S/C17H17NO4S/c1-21-12-8-4-3-6-10(12)15(19)18-16-14(17(20)22-2)11-7-5-9-13(11)23-16/h3-4,6,8H,5,7,9H2,1-2H3,(H,18,19). The molecule has 0 unspecified atom stereocenters. The predicted octanol–water partition coefficient (Wildman–Crippen LogP) is 3.28. The molecule has 0 aliphatic heterocycles. The number of methoxy groups -OCH3 is 2. The number of amides is 1. The molecule has 0 saturated heterocycles. The van der Waals surface area contributed by atoms with Crippen molar-refractivity contribution >= 4 is 28.2 Å². The van der Waals surface area contributed by atoms with Crippen molar-refractivity contribution in [3.05, 3.63) is 45.8 Å². The molecule has 0 saturated carbocycles. The summed E-state index contributed by atoms with van der Waals surface area (Å²) in [4.78, 5) is 25.8. The van der Waals surface area contributed by atoms with E-state index in [1.165, 1.54) is 25.6 Å². The minimum absolute atomic E-state index is 0.299. The van der Waals surface area contributed by atoms with E-state index in [0.29, 0.717) is 21.9 Å². The molecule has 0 fully saturated rings. The summed E-state index contributed by atoms with van der Waals surface area (Å²) in [5, 5.41) is 3.40. The zero-order valence-electron chi connectivity index (χ0n) is 13.0. The lowest BCUT2D eigenvalue weighted by molar-refractivity contribution is 0.0601. The van der Waals surface area contributed by atoms with Gasteiger partial charge in [-0.05, 0) is 37.0 Å². The summed E-state index contributed by atoms with van der Waals surface area (Å²) in [6, 6.07) is 6.99. The van der Waals surface area contributed by atoms with E-state index in [-0.39, 0.29) is 5.91 Å². The maximum absolute atomic E-state index is 12.5. The third-order valence-corrected chi connectivity index (χ3v) is 5.10. The highest BCUT2D eigenvalue weighted by Crippen LogP contribution is 2.39. The highest BCUT2D eigenvalue weighted by Gasteiger charge is 2.28. The number of anilines is 1. The Bertz CT molecular complexity index is 766. The van der Waals surface area contributed by atoms with Crippen LogP contribution in [0.1, 0.15) is 37.6 Å². The fourth-order valence-corrected chi connectivity index (χ4v) is 4.09. The van der Waals surface area contributed by atoms with Gasteiger partial charge in [0.2, 0.25) is 0 Å². The summed E-state index contributed by atoms with van der Waals surface area (Å²) >= 11 is 1.46. The molecule has 1 aliphatic carbocycles. The first kappa shape index (κ1) is 15.6. The third-order valence-electron chi connectivity index (χ3n) is 3.89. The Balaban J connectivity index is 1.94.